The number of carbonyl (C=O) groups excluding carboxylic acids is 1. The van der Waals surface area contributed by atoms with E-state index in [0.29, 0.717) is 19.5 Å². The van der Waals surface area contributed by atoms with E-state index in [1.54, 1.807) is 24.8 Å². The fourth-order valence-corrected chi connectivity index (χ4v) is 3.39. The number of benzene rings is 1. The van der Waals surface area contributed by atoms with Crippen LogP contribution in [0, 0.1) is 6.92 Å². The molecule has 2 heterocycles. The van der Waals surface area contributed by atoms with Crippen molar-refractivity contribution in [3.05, 3.63) is 47.1 Å². The first kappa shape index (κ1) is 17.2. The number of fused-ring (bicyclic) bond motifs is 1. The van der Waals surface area contributed by atoms with Gasteiger partial charge in [-0.05, 0) is 19.1 Å². The largest absolute Gasteiger partial charge is 0.496 e. The molecular weight excluding hydrogens is 336 g/mol. The van der Waals surface area contributed by atoms with E-state index in [4.69, 9.17) is 4.74 Å². The number of thiophene rings is 1. The van der Waals surface area contributed by atoms with Gasteiger partial charge in [0.2, 0.25) is 5.91 Å². The first-order chi connectivity index (χ1) is 12.2. The smallest absolute Gasteiger partial charge is 0.222 e. The highest BCUT2D eigenvalue weighted by atomic mass is 32.1. The lowest BCUT2D eigenvalue weighted by atomic mass is 10.2. The zero-order chi connectivity index (χ0) is 17.6. The summed E-state index contributed by atoms with van der Waals surface area (Å²) in [5.74, 6) is 1.52. The SMILES string of the molecule is COc1ccccc1CNC(=O)CCNc1ncnc2sc(C)cc12. The molecule has 0 atom stereocenters. The summed E-state index contributed by atoms with van der Waals surface area (Å²) < 4.78 is 5.28. The average molecular weight is 356 g/mol. The monoisotopic (exact) mass is 356 g/mol. The number of para-hydroxylation sites is 1. The van der Waals surface area contributed by atoms with Crippen molar-refractivity contribution >= 4 is 33.3 Å². The lowest BCUT2D eigenvalue weighted by Gasteiger charge is -2.10. The van der Waals surface area contributed by atoms with Crippen molar-refractivity contribution in [3.8, 4) is 5.75 Å². The number of carbonyl (C=O) groups is 1. The Labute approximate surface area is 150 Å². The summed E-state index contributed by atoms with van der Waals surface area (Å²) in [5.41, 5.74) is 0.956. The summed E-state index contributed by atoms with van der Waals surface area (Å²) in [6.07, 6.45) is 1.91. The molecule has 2 aromatic heterocycles. The van der Waals surface area contributed by atoms with Crippen molar-refractivity contribution in [2.24, 2.45) is 0 Å². The topological polar surface area (TPSA) is 76.1 Å². The van der Waals surface area contributed by atoms with Gasteiger partial charge in [0.25, 0.3) is 0 Å². The van der Waals surface area contributed by atoms with E-state index in [1.807, 2.05) is 31.2 Å². The van der Waals surface area contributed by atoms with Gasteiger partial charge in [0.05, 0.1) is 12.5 Å². The van der Waals surface area contributed by atoms with Crippen LogP contribution in [0.2, 0.25) is 0 Å². The molecule has 0 saturated heterocycles. The highest BCUT2D eigenvalue weighted by molar-refractivity contribution is 7.18. The van der Waals surface area contributed by atoms with Gasteiger partial charge in [0, 0.05) is 30.0 Å². The minimum atomic E-state index is -0.0230. The molecule has 25 heavy (non-hydrogen) atoms. The van der Waals surface area contributed by atoms with Crippen LogP contribution in [0.3, 0.4) is 0 Å². The first-order valence-corrected chi connectivity index (χ1v) is 8.82. The number of ether oxygens (including phenoxy) is 1. The number of nitrogens with zero attached hydrogens (tertiary/aromatic N) is 2. The molecule has 0 bridgehead atoms. The Morgan fingerprint density at radius 3 is 2.96 bits per heavy atom. The summed E-state index contributed by atoms with van der Waals surface area (Å²) in [6.45, 7) is 3.00. The van der Waals surface area contributed by atoms with Gasteiger partial charge < -0.3 is 15.4 Å². The lowest BCUT2D eigenvalue weighted by molar-refractivity contribution is -0.121. The summed E-state index contributed by atoms with van der Waals surface area (Å²) in [5, 5.41) is 7.13. The third-order valence-corrected chi connectivity index (χ3v) is 4.72. The maximum Gasteiger partial charge on any atom is 0.222 e. The second-order valence-corrected chi connectivity index (χ2v) is 6.80. The van der Waals surface area contributed by atoms with Crippen LogP contribution in [0.4, 0.5) is 5.82 Å². The fraction of sp³-hybridized carbons (Fsp3) is 0.278. The van der Waals surface area contributed by atoms with E-state index in [-0.39, 0.29) is 5.91 Å². The summed E-state index contributed by atoms with van der Waals surface area (Å²) in [7, 11) is 1.62. The van der Waals surface area contributed by atoms with Crippen molar-refractivity contribution in [3.63, 3.8) is 0 Å². The van der Waals surface area contributed by atoms with Crippen molar-refractivity contribution in [2.45, 2.75) is 19.9 Å². The van der Waals surface area contributed by atoms with Gasteiger partial charge in [-0.1, -0.05) is 18.2 Å². The Hall–Kier alpha value is -2.67. The summed E-state index contributed by atoms with van der Waals surface area (Å²) in [4.78, 5) is 22.7. The maximum absolute atomic E-state index is 12.1. The van der Waals surface area contributed by atoms with E-state index < -0.39 is 0 Å². The quantitative estimate of drug-likeness (QED) is 0.680. The Balaban J connectivity index is 1.51. The van der Waals surface area contributed by atoms with Gasteiger partial charge in [-0.3, -0.25) is 4.79 Å². The minimum absolute atomic E-state index is 0.0230. The van der Waals surface area contributed by atoms with Crippen molar-refractivity contribution in [1.29, 1.82) is 0 Å². The van der Waals surface area contributed by atoms with E-state index in [2.05, 4.69) is 26.7 Å². The number of methoxy groups -OCH3 is 1. The molecule has 0 spiro atoms. The molecule has 6 nitrogen and oxygen atoms in total. The van der Waals surface area contributed by atoms with E-state index in [0.717, 1.165) is 27.3 Å². The third-order valence-electron chi connectivity index (χ3n) is 3.77. The number of aryl methyl sites for hydroxylation is 1. The number of rotatable bonds is 7. The molecule has 1 amide bonds. The van der Waals surface area contributed by atoms with Crippen molar-refractivity contribution in [2.75, 3.05) is 19.0 Å². The Kier molecular flexibility index (Phi) is 5.45. The predicted molar refractivity (Wildman–Crippen MR) is 100 cm³/mol. The van der Waals surface area contributed by atoms with Crippen LogP contribution in [0.1, 0.15) is 16.9 Å². The Morgan fingerprint density at radius 1 is 1.28 bits per heavy atom. The zero-order valence-electron chi connectivity index (χ0n) is 14.2. The molecule has 7 heteroatoms. The molecule has 1 aromatic carbocycles. The van der Waals surface area contributed by atoms with Crippen LogP contribution >= 0.6 is 11.3 Å². The lowest BCUT2D eigenvalue weighted by Crippen LogP contribution is -2.25. The third kappa shape index (κ3) is 4.24. The van der Waals surface area contributed by atoms with Crippen LogP contribution in [-0.2, 0) is 11.3 Å². The van der Waals surface area contributed by atoms with Gasteiger partial charge >= 0.3 is 0 Å². The molecule has 2 N–H and O–H groups in total. The van der Waals surface area contributed by atoms with Crippen LogP contribution in [0.5, 0.6) is 5.75 Å². The molecule has 0 saturated carbocycles. The second-order valence-electron chi connectivity index (χ2n) is 5.56. The molecule has 3 rings (SSSR count). The van der Waals surface area contributed by atoms with Gasteiger partial charge in [-0.25, -0.2) is 9.97 Å². The van der Waals surface area contributed by atoms with E-state index in [1.165, 1.54) is 4.88 Å². The van der Waals surface area contributed by atoms with Gasteiger partial charge in [0.15, 0.2) is 0 Å². The van der Waals surface area contributed by atoms with Gasteiger partial charge in [-0.15, -0.1) is 11.3 Å². The van der Waals surface area contributed by atoms with E-state index >= 15 is 0 Å². The molecule has 0 aliphatic rings. The van der Waals surface area contributed by atoms with Crippen LogP contribution in [0.15, 0.2) is 36.7 Å². The number of nitrogens with one attached hydrogen (secondary N) is 2. The molecule has 0 aliphatic heterocycles. The molecule has 0 radical (unpaired) electrons. The molecule has 130 valence electrons. The predicted octanol–water partition coefficient (Wildman–Crippen LogP) is 3.13. The Morgan fingerprint density at radius 2 is 2.12 bits per heavy atom. The van der Waals surface area contributed by atoms with E-state index in [9.17, 15) is 4.79 Å². The molecule has 0 unspecified atom stereocenters. The van der Waals surface area contributed by atoms with Crippen molar-refractivity contribution in [1.82, 2.24) is 15.3 Å². The average Bonchev–Trinajstić information content (AvgIpc) is 3.01. The highest BCUT2D eigenvalue weighted by Gasteiger charge is 2.08. The van der Waals surface area contributed by atoms with Crippen LogP contribution < -0.4 is 15.4 Å². The molecule has 0 aliphatic carbocycles. The Bertz CT molecular complexity index is 878. The number of hydrogen-bond donors (Lipinski definition) is 2. The van der Waals surface area contributed by atoms with Gasteiger partial charge in [0.1, 0.15) is 22.7 Å². The normalized spacial score (nSPS) is 10.6. The van der Waals surface area contributed by atoms with Crippen LogP contribution in [-0.4, -0.2) is 29.5 Å². The summed E-state index contributed by atoms with van der Waals surface area (Å²) in [6, 6.07) is 9.71. The maximum atomic E-state index is 12.1. The fourth-order valence-electron chi connectivity index (χ4n) is 2.54. The molecular formula is C18H20N4O2S. The number of aromatic nitrogens is 2. The standard InChI is InChI=1S/C18H20N4O2S/c1-12-9-14-17(21-11-22-18(14)25-12)19-8-7-16(23)20-10-13-5-3-4-6-15(13)24-2/h3-6,9,11H,7-8,10H2,1-2H3,(H,20,23)(H,19,21,22). The zero-order valence-corrected chi connectivity index (χ0v) is 15.0. The van der Waals surface area contributed by atoms with Crippen LogP contribution in [0.25, 0.3) is 10.2 Å². The highest BCUT2D eigenvalue weighted by Crippen LogP contribution is 2.27. The first-order valence-electron chi connectivity index (χ1n) is 8.01. The number of anilines is 1. The molecule has 0 fully saturated rings. The minimum Gasteiger partial charge on any atom is -0.496 e. The van der Waals surface area contributed by atoms with Crippen molar-refractivity contribution < 1.29 is 9.53 Å². The second kappa shape index (κ2) is 7.94. The summed E-state index contributed by atoms with van der Waals surface area (Å²) >= 11 is 1.63. The van der Waals surface area contributed by atoms with Gasteiger partial charge in [-0.2, -0.15) is 0 Å². The number of amides is 1. The number of hydrogen-bond acceptors (Lipinski definition) is 6. The molecule has 3 aromatic rings.